The van der Waals surface area contributed by atoms with Gasteiger partial charge in [-0.25, -0.2) is 4.98 Å². The molecule has 1 aromatic carbocycles. The van der Waals surface area contributed by atoms with Gasteiger partial charge in [0.2, 0.25) is 5.82 Å². The summed E-state index contributed by atoms with van der Waals surface area (Å²) in [4.78, 5) is 28.2. The zero-order valence-electron chi connectivity index (χ0n) is 14.7. The summed E-state index contributed by atoms with van der Waals surface area (Å²) in [7, 11) is 0. The molecule has 0 radical (unpaired) electrons. The largest absolute Gasteiger partial charge is 0.481 e. The molecule has 1 aromatic heterocycles. The van der Waals surface area contributed by atoms with Crippen molar-refractivity contribution in [2.45, 2.75) is 39.4 Å². The van der Waals surface area contributed by atoms with Crippen LogP contribution in [0.3, 0.4) is 0 Å². The number of nitrogens with zero attached hydrogens (tertiary/aromatic N) is 3. The highest BCUT2D eigenvalue weighted by Crippen LogP contribution is 2.34. The van der Waals surface area contributed by atoms with Gasteiger partial charge in [0, 0.05) is 24.7 Å². The number of carboxylic acids is 1. The number of halogens is 3. The molecular formula is C17H20F3N3O3. The number of amides is 1. The number of aromatic nitrogens is 2. The number of carbonyl (C=O) groups is 2. The molecule has 142 valence electrons. The van der Waals surface area contributed by atoms with E-state index in [0.29, 0.717) is 6.54 Å². The van der Waals surface area contributed by atoms with E-state index in [1.807, 2.05) is 0 Å². The van der Waals surface area contributed by atoms with Crippen LogP contribution in [0.1, 0.15) is 49.4 Å². The van der Waals surface area contributed by atoms with Crippen LogP contribution >= 0.6 is 0 Å². The average molecular weight is 371 g/mol. The quantitative estimate of drug-likeness (QED) is 0.842. The van der Waals surface area contributed by atoms with E-state index in [-0.39, 0.29) is 29.6 Å². The maximum atomic E-state index is 13.3. The van der Waals surface area contributed by atoms with Gasteiger partial charge in [0.1, 0.15) is 0 Å². The van der Waals surface area contributed by atoms with Crippen molar-refractivity contribution in [2.75, 3.05) is 13.1 Å². The average Bonchev–Trinajstić information content (AvgIpc) is 2.93. The third-order valence-corrected chi connectivity index (χ3v) is 3.97. The van der Waals surface area contributed by atoms with Crippen LogP contribution in [0.25, 0.3) is 11.0 Å². The third-order valence-electron chi connectivity index (χ3n) is 3.97. The molecule has 0 aliphatic rings. The third kappa shape index (κ3) is 3.97. The molecule has 0 fully saturated rings. The minimum Gasteiger partial charge on any atom is -0.481 e. The Labute approximate surface area is 148 Å². The number of aliphatic carboxylic acids is 1. The lowest BCUT2D eigenvalue weighted by Gasteiger charge is -2.20. The topological polar surface area (TPSA) is 75.4 Å². The van der Waals surface area contributed by atoms with E-state index >= 15 is 0 Å². The fraction of sp³-hybridized carbons (Fsp3) is 0.471. The zero-order chi connectivity index (χ0) is 19.6. The fourth-order valence-electron chi connectivity index (χ4n) is 2.77. The Kier molecular flexibility index (Phi) is 5.58. The minimum atomic E-state index is -4.61. The summed E-state index contributed by atoms with van der Waals surface area (Å²) >= 11 is 0. The number of carbonyl (C=O) groups excluding carboxylic acids is 1. The lowest BCUT2D eigenvalue weighted by atomic mass is 10.1. The van der Waals surface area contributed by atoms with Gasteiger partial charge in [0.05, 0.1) is 17.5 Å². The first-order valence-corrected chi connectivity index (χ1v) is 8.16. The van der Waals surface area contributed by atoms with Crippen molar-refractivity contribution < 1.29 is 27.9 Å². The van der Waals surface area contributed by atoms with Gasteiger partial charge in [-0.15, -0.1) is 0 Å². The lowest BCUT2D eigenvalue weighted by Crippen LogP contribution is -2.32. The molecule has 2 aromatic rings. The van der Waals surface area contributed by atoms with Gasteiger partial charge in [-0.2, -0.15) is 13.2 Å². The molecule has 0 atom stereocenters. The number of rotatable bonds is 6. The molecule has 1 N–H and O–H groups in total. The van der Waals surface area contributed by atoms with Gasteiger partial charge in [-0.3, -0.25) is 9.59 Å². The monoisotopic (exact) mass is 371 g/mol. The number of fused-ring (bicyclic) bond motifs is 1. The molecular weight excluding hydrogens is 351 g/mol. The van der Waals surface area contributed by atoms with Gasteiger partial charge < -0.3 is 14.6 Å². The van der Waals surface area contributed by atoms with Crippen LogP contribution < -0.4 is 0 Å². The maximum absolute atomic E-state index is 13.3. The van der Waals surface area contributed by atoms with Crippen LogP contribution in [0, 0.1) is 0 Å². The van der Waals surface area contributed by atoms with Gasteiger partial charge in [0.25, 0.3) is 5.91 Å². The van der Waals surface area contributed by atoms with Crippen LogP contribution in [0.4, 0.5) is 13.2 Å². The Bertz CT molecular complexity index is 828. The predicted molar refractivity (Wildman–Crippen MR) is 89.0 cm³/mol. The second kappa shape index (κ2) is 7.35. The highest BCUT2D eigenvalue weighted by Gasteiger charge is 2.38. The Morgan fingerprint density at radius 2 is 1.96 bits per heavy atom. The predicted octanol–water partition coefficient (Wildman–Crippen LogP) is 3.57. The van der Waals surface area contributed by atoms with Gasteiger partial charge in [-0.1, -0.05) is 0 Å². The van der Waals surface area contributed by atoms with Crippen LogP contribution in [0.5, 0.6) is 0 Å². The SMILES string of the molecule is CCN(CCC(=O)O)C(=O)c1ccc2c(c1)nc(C(F)(F)F)n2C(C)C. The van der Waals surface area contributed by atoms with E-state index < -0.39 is 29.9 Å². The number of alkyl halides is 3. The molecule has 0 bridgehead atoms. The van der Waals surface area contributed by atoms with E-state index in [9.17, 15) is 22.8 Å². The Morgan fingerprint density at radius 3 is 2.46 bits per heavy atom. The highest BCUT2D eigenvalue weighted by atomic mass is 19.4. The molecule has 0 saturated heterocycles. The Hall–Kier alpha value is -2.58. The van der Waals surface area contributed by atoms with Crippen molar-refractivity contribution in [2.24, 2.45) is 0 Å². The molecule has 1 heterocycles. The number of benzene rings is 1. The fourth-order valence-corrected chi connectivity index (χ4v) is 2.77. The van der Waals surface area contributed by atoms with E-state index in [0.717, 1.165) is 4.57 Å². The maximum Gasteiger partial charge on any atom is 0.449 e. The first-order valence-electron chi connectivity index (χ1n) is 8.16. The van der Waals surface area contributed by atoms with Crippen molar-refractivity contribution in [3.05, 3.63) is 29.6 Å². The Balaban J connectivity index is 2.45. The molecule has 0 aliphatic heterocycles. The second-order valence-electron chi connectivity index (χ2n) is 6.13. The van der Waals surface area contributed by atoms with E-state index in [2.05, 4.69) is 4.98 Å². The second-order valence-corrected chi connectivity index (χ2v) is 6.13. The molecule has 9 heteroatoms. The van der Waals surface area contributed by atoms with E-state index in [1.165, 1.54) is 23.1 Å². The molecule has 1 amide bonds. The van der Waals surface area contributed by atoms with Crippen LogP contribution in [-0.2, 0) is 11.0 Å². The molecule has 2 rings (SSSR count). The molecule has 0 spiro atoms. The molecule has 26 heavy (non-hydrogen) atoms. The van der Waals surface area contributed by atoms with Crippen LogP contribution in [0.2, 0.25) is 0 Å². The number of carboxylic acid groups (broad SMARTS) is 1. The Morgan fingerprint density at radius 1 is 1.31 bits per heavy atom. The van der Waals surface area contributed by atoms with Gasteiger partial charge >= 0.3 is 12.1 Å². The first-order chi connectivity index (χ1) is 12.1. The van der Waals surface area contributed by atoms with Crippen LogP contribution in [-0.4, -0.2) is 44.5 Å². The highest BCUT2D eigenvalue weighted by molar-refractivity contribution is 5.97. The normalized spacial score (nSPS) is 12.0. The summed E-state index contributed by atoms with van der Waals surface area (Å²) in [5.41, 5.74) is 0.537. The molecule has 6 nitrogen and oxygen atoms in total. The van der Waals surface area contributed by atoms with Crippen molar-refractivity contribution in [3.8, 4) is 0 Å². The smallest absolute Gasteiger partial charge is 0.449 e. The summed E-state index contributed by atoms with van der Waals surface area (Å²) in [5.74, 6) is -2.48. The lowest BCUT2D eigenvalue weighted by molar-refractivity contribution is -0.147. The van der Waals surface area contributed by atoms with Crippen molar-refractivity contribution in [1.82, 2.24) is 14.5 Å². The summed E-state index contributed by atoms with van der Waals surface area (Å²) in [6.45, 7) is 5.27. The van der Waals surface area contributed by atoms with Crippen molar-refractivity contribution >= 4 is 22.9 Å². The summed E-state index contributed by atoms with van der Waals surface area (Å²) in [6, 6.07) is 3.74. The van der Waals surface area contributed by atoms with Gasteiger partial charge in [-0.05, 0) is 39.0 Å². The summed E-state index contributed by atoms with van der Waals surface area (Å²) in [6.07, 6.45) is -4.81. The number of hydrogen-bond donors (Lipinski definition) is 1. The van der Waals surface area contributed by atoms with Crippen LogP contribution in [0.15, 0.2) is 18.2 Å². The molecule has 0 unspecified atom stereocenters. The number of hydrogen-bond acceptors (Lipinski definition) is 3. The molecule has 0 aliphatic carbocycles. The summed E-state index contributed by atoms with van der Waals surface area (Å²) in [5, 5.41) is 8.76. The standard InChI is InChI=1S/C17H20F3N3O3/c1-4-22(8-7-14(24)25)15(26)11-5-6-13-12(9-11)21-16(17(18,19)20)23(13)10(2)3/h5-6,9-10H,4,7-8H2,1-3H3,(H,24,25). The first kappa shape index (κ1) is 19.7. The van der Waals surface area contributed by atoms with E-state index in [4.69, 9.17) is 5.11 Å². The van der Waals surface area contributed by atoms with Crippen molar-refractivity contribution in [1.29, 1.82) is 0 Å². The summed E-state index contributed by atoms with van der Waals surface area (Å²) < 4.78 is 40.8. The van der Waals surface area contributed by atoms with Crippen molar-refractivity contribution in [3.63, 3.8) is 0 Å². The van der Waals surface area contributed by atoms with Gasteiger partial charge in [0.15, 0.2) is 0 Å². The van der Waals surface area contributed by atoms with E-state index in [1.54, 1.807) is 20.8 Å². The zero-order valence-corrected chi connectivity index (χ0v) is 14.7. The molecule has 0 saturated carbocycles. The number of imidazole rings is 1. The minimum absolute atomic E-state index is 0.0247.